The van der Waals surface area contributed by atoms with E-state index in [9.17, 15) is 19.5 Å². The highest BCUT2D eigenvalue weighted by atomic mass is 32.1. The number of methoxy groups -OCH3 is 1. The summed E-state index contributed by atoms with van der Waals surface area (Å²) < 4.78 is 11.1. The van der Waals surface area contributed by atoms with Crippen LogP contribution in [-0.2, 0) is 9.59 Å². The number of carbonyl (C=O) groups is 3. The van der Waals surface area contributed by atoms with Crippen LogP contribution in [0.5, 0.6) is 5.75 Å². The Morgan fingerprint density at radius 3 is 2.64 bits per heavy atom. The van der Waals surface area contributed by atoms with Gasteiger partial charge in [0.05, 0.1) is 18.4 Å². The Morgan fingerprint density at radius 2 is 1.91 bits per heavy atom. The minimum Gasteiger partial charge on any atom is -0.495 e. The van der Waals surface area contributed by atoms with Gasteiger partial charge in [-0.25, -0.2) is 9.69 Å². The molecule has 2 amide bonds. The van der Waals surface area contributed by atoms with Crippen LogP contribution < -0.4 is 15.0 Å². The number of nitrogens with one attached hydrogen (secondary N) is 1. The van der Waals surface area contributed by atoms with E-state index in [1.54, 1.807) is 42.5 Å². The van der Waals surface area contributed by atoms with Crippen LogP contribution in [0.15, 0.2) is 64.6 Å². The van der Waals surface area contributed by atoms with Crippen molar-refractivity contribution < 1.29 is 28.6 Å². The number of para-hydroxylation sites is 2. The minimum atomic E-state index is -1.05. The quantitative estimate of drug-likeness (QED) is 0.337. The molecule has 2 aromatic carbocycles. The summed E-state index contributed by atoms with van der Waals surface area (Å²) in [6.45, 7) is 1.83. The van der Waals surface area contributed by atoms with Crippen LogP contribution in [0.25, 0.3) is 17.4 Å². The first kappa shape index (κ1) is 22.0. The summed E-state index contributed by atoms with van der Waals surface area (Å²) in [7, 11) is 1.47. The molecule has 2 N–H and O–H groups in total. The molecule has 0 atom stereocenters. The average Bonchev–Trinajstić information content (AvgIpc) is 3.25. The molecule has 1 fully saturated rings. The van der Waals surface area contributed by atoms with E-state index in [0.717, 1.165) is 5.56 Å². The van der Waals surface area contributed by atoms with Gasteiger partial charge >= 0.3 is 5.97 Å². The number of hydrogen-bond acceptors (Lipinski definition) is 6. The minimum absolute atomic E-state index is 0.0621. The van der Waals surface area contributed by atoms with Crippen molar-refractivity contribution in [3.8, 4) is 17.1 Å². The summed E-state index contributed by atoms with van der Waals surface area (Å²) >= 11 is 5.22. The fourth-order valence-corrected chi connectivity index (χ4v) is 3.70. The second kappa shape index (κ2) is 8.71. The first-order valence-corrected chi connectivity index (χ1v) is 10.2. The molecule has 4 rings (SSSR count). The van der Waals surface area contributed by atoms with E-state index < -0.39 is 17.8 Å². The molecule has 9 heteroatoms. The SMILES string of the molecule is COc1ccccc1N1C(=O)/C(=C/c2ccc(-c3cc(C(=O)O)ccc3C)o2)C(=O)NC1=S. The second-order valence-corrected chi connectivity index (χ2v) is 7.55. The summed E-state index contributed by atoms with van der Waals surface area (Å²) in [4.78, 5) is 38.3. The number of thiocarbonyl (C=S) groups is 1. The van der Waals surface area contributed by atoms with Crippen molar-refractivity contribution in [3.63, 3.8) is 0 Å². The van der Waals surface area contributed by atoms with Crippen molar-refractivity contribution in [2.45, 2.75) is 6.92 Å². The van der Waals surface area contributed by atoms with Crippen molar-refractivity contribution in [3.05, 3.63) is 77.1 Å². The zero-order valence-electron chi connectivity index (χ0n) is 17.6. The molecule has 8 nitrogen and oxygen atoms in total. The van der Waals surface area contributed by atoms with Gasteiger partial charge in [-0.15, -0.1) is 0 Å². The molecule has 0 unspecified atom stereocenters. The Bertz CT molecular complexity index is 1340. The Morgan fingerprint density at radius 1 is 1.15 bits per heavy atom. The van der Waals surface area contributed by atoms with Gasteiger partial charge in [0.2, 0.25) is 0 Å². The smallest absolute Gasteiger partial charge is 0.335 e. The van der Waals surface area contributed by atoms with Crippen LogP contribution in [0, 0.1) is 6.92 Å². The molecule has 0 spiro atoms. The third kappa shape index (κ3) is 4.13. The third-order valence-corrected chi connectivity index (χ3v) is 5.38. The van der Waals surface area contributed by atoms with E-state index >= 15 is 0 Å². The number of carbonyl (C=O) groups excluding carboxylic acids is 2. The lowest BCUT2D eigenvalue weighted by molar-refractivity contribution is -0.122. The summed E-state index contributed by atoms with van der Waals surface area (Å²) in [6.07, 6.45) is 1.32. The third-order valence-electron chi connectivity index (χ3n) is 5.09. The van der Waals surface area contributed by atoms with Crippen molar-refractivity contribution in [2.75, 3.05) is 12.0 Å². The number of furan rings is 1. The number of hydrogen-bond donors (Lipinski definition) is 2. The molecular formula is C24H18N2O6S. The van der Waals surface area contributed by atoms with Gasteiger partial charge in [-0.1, -0.05) is 18.2 Å². The molecule has 3 aromatic rings. The summed E-state index contributed by atoms with van der Waals surface area (Å²) in [5, 5.41) is 11.7. The number of ether oxygens (including phenoxy) is 1. The molecule has 0 radical (unpaired) electrons. The first-order valence-electron chi connectivity index (χ1n) is 9.78. The van der Waals surface area contributed by atoms with Gasteiger partial charge in [0.15, 0.2) is 5.11 Å². The van der Waals surface area contributed by atoms with E-state index in [0.29, 0.717) is 22.8 Å². The first-order chi connectivity index (χ1) is 15.8. The number of amides is 2. The lowest BCUT2D eigenvalue weighted by atomic mass is 10.0. The maximum Gasteiger partial charge on any atom is 0.335 e. The maximum absolute atomic E-state index is 13.2. The second-order valence-electron chi connectivity index (χ2n) is 7.17. The van der Waals surface area contributed by atoms with Gasteiger partial charge in [0.25, 0.3) is 11.8 Å². The lowest BCUT2D eigenvalue weighted by Crippen LogP contribution is -2.54. The molecule has 1 saturated heterocycles. The number of benzene rings is 2. The molecule has 0 saturated carbocycles. The van der Waals surface area contributed by atoms with Crippen LogP contribution in [0.3, 0.4) is 0 Å². The zero-order valence-corrected chi connectivity index (χ0v) is 18.4. The largest absolute Gasteiger partial charge is 0.495 e. The average molecular weight is 462 g/mol. The molecule has 2 heterocycles. The molecule has 1 aliphatic rings. The van der Waals surface area contributed by atoms with E-state index in [4.69, 9.17) is 21.4 Å². The number of nitrogens with zero attached hydrogens (tertiary/aromatic N) is 1. The number of carboxylic acid groups (broad SMARTS) is 1. The number of aryl methyl sites for hydroxylation is 1. The van der Waals surface area contributed by atoms with Crippen molar-refractivity contribution in [2.24, 2.45) is 0 Å². The monoisotopic (exact) mass is 462 g/mol. The Kier molecular flexibility index (Phi) is 5.80. The fraction of sp³-hybridized carbons (Fsp3) is 0.0833. The maximum atomic E-state index is 13.2. The predicted molar refractivity (Wildman–Crippen MR) is 125 cm³/mol. The van der Waals surface area contributed by atoms with Crippen molar-refractivity contribution in [1.29, 1.82) is 0 Å². The molecule has 33 heavy (non-hydrogen) atoms. The molecular weight excluding hydrogens is 444 g/mol. The summed E-state index contributed by atoms with van der Waals surface area (Å²) in [5.41, 5.74) is 1.74. The highest BCUT2D eigenvalue weighted by Gasteiger charge is 2.36. The van der Waals surface area contributed by atoms with E-state index in [1.807, 2.05) is 6.92 Å². The standard InChI is InChI=1S/C24H18N2O6S/c1-13-7-8-14(23(29)30)11-16(13)19-10-9-15(32-19)12-17-21(27)25-24(33)26(22(17)28)18-5-3-4-6-20(18)31-2/h3-12H,1-2H3,(H,29,30)(H,25,27,33)/b17-12+. The molecule has 0 bridgehead atoms. The van der Waals surface area contributed by atoms with E-state index in [1.165, 1.54) is 30.2 Å². The van der Waals surface area contributed by atoms with Crippen LogP contribution in [0.2, 0.25) is 0 Å². The zero-order chi connectivity index (χ0) is 23.7. The highest BCUT2D eigenvalue weighted by Crippen LogP contribution is 2.32. The highest BCUT2D eigenvalue weighted by molar-refractivity contribution is 7.80. The fourth-order valence-electron chi connectivity index (χ4n) is 3.43. The molecule has 0 aliphatic carbocycles. The topological polar surface area (TPSA) is 109 Å². The molecule has 1 aliphatic heterocycles. The van der Waals surface area contributed by atoms with Crippen molar-refractivity contribution in [1.82, 2.24) is 5.32 Å². The molecule has 166 valence electrons. The van der Waals surface area contributed by atoms with Crippen LogP contribution in [0.1, 0.15) is 21.7 Å². The van der Waals surface area contributed by atoms with E-state index in [-0.39, 0.29) is 22.0 Å². The number of anilines is 1. The van der Waals surface area contributed by atoms with Gasteiger partial charge in [-0.05, 0) is 67.2 Å². The normalized spacial score (nSPS) is 15.0. The van der Waals surface area contributed by atoms with Crippen molar-refractivity contribution >= 4 is 46.9 Å². The van der Waals surface area contributed by atoms with Gasteiger partial charge < -0.3 is 14.3 Å². The summed E-state index contributed by atoms with van der Waals surface area (Å²) in [6, 6.07) is 14.7. The number of rotatable bonds is 5. The van der Waals surface area contributed by atoms with Gasteiger partial charge in [0, 0.05) is 5.56 Å². The van der Waals surface area contributed by atoms with Gasteiger partial charge in [0.1, 0.15) is 22.8 Å². The summed E-state index contributed by atoms with van der Waals surface area (Å²) in [5.74, 6) is -1.27. The van der Waals surface area contributed by atoms with Crippen LogP contribution in [0.4, 0.5) is 5.69 Å². The Labute approximate surface area is 194 Å². The number of carboxylic acids is 1. The molecule has 1 aromatic heterocycles. The van der Waals surface area contributed by atoms with Crippen LogP contribution >= 0.6 is 12.2 Å². The Hall–Kier alpha value is -4.24. The van der Waals surface area contributed by atoms with Gasteiger partial charge in [-0.3, -0.25) is 14.9 Å². The predicted octanol–water partition coefficient (Wildman–Crippen LogP) is 3.79. The Balaban J connectivity index is 1.71. The van der Waals surface area contributed by atoms with Gasteiger partial charge in [-0.2, -0.15) is 0 Å². The number of aromatic carboxylic acids is 1. The lowest BCUT2D eigenvalue weighted by Gasteiger charge is -2.29. The van der Waals surface area contributed by atoms with Crippen LogP contribution in [-0.4, -0.2) is 35.1 Å². The van der Waals surface area contributed by atoms with E-state index in [2.05, 4.69) is 5.32 Å².